The second-order valence-corrected chi connectivity index (χ2v) is 10.5. The molecule has 178 valence electrons. The molecule has 1 N–H and O–H groups in total. The number of sulfonamides is 1. The molecule has 0 bridgehead atoms. The highest BCUT2D eigenvalue weighted by atomic mass is 32.2. The van der Waals surface area contributed by atoms with Crippen LogP contribution in [-0.2, 0) is 19.6 Å². The van der Waals surface area contributed by atoms with Crippen LogP contribution in [0.3, 0.4) is 0 Å². The van der Waals surface area contributed by atoms with E-state index in [2.05, 4.69) is 5.32 Å². The number of hydrogen-bond donors (Lipinski definition) is 1. The van der Waals surface area contributed by atoms with Crippen molar-refractivity contribution >= 4 is 39.1 Å². The summed E-state index contributed by atoms with van der Waals surface area (Å²) in [6, 6.07) is 10.3. The summed E-state index contributed by atoms with van der Waals surface area (Å²) in [6.45, 7) is 5.01. The third-order valence-corrected chi connectivity index (χ3v) is 7.85. The zero-order valence-corrected chi connectivity index (χ0v) is 19.9. The van der Waals surface area contributed by atoms with Crippen molar-refractivity contribution in [3.05, 3.63) is 52.6 Å². The van der Waals surface area contributed by atoms with Crippen molar-refractivity contribution in [2.45, 2.75) is 28.9 Å². The van der Waals surface area contributed by atoms with E-state index in [0.717, 1.165) is 0 Å². The number of carbonyl (C=O) groups excluding carboxylic acids is 1. The maximum Gasteiger partial charge on any atom is 0.269 e. The highest BCUT2D eigenvalue weighted by Crippen LogP contribution is 2.31. The van der Waals surface area contributed by atoms with Crippen LogP contribution in [-0.4, -0.2) is 61.7 Å². The number of non-ortho nitro benzene ring substituents is 1. The average molecular weight is 496 g/mol. The maximum atomic E-state index is 13.0. The van der Waals surface area contributed by atoms with Crippen molar-refractivity contribution < 1.29 is 27.6 Å². The van der Waals surface area contributed by atoms with Crippen LogP contribution in [0.2, 0.25) is 0 Å². The van der Waals surface area contributed by atoms with Gasteiger partial charge < -0.3 is 14.8 Å². The van der Waals surface area contributed by atoms with Gasteiger partial charge in [-0.3, -0.25) is 14.9 Å². The first-order valence-electron chi connectivity index (χ1n) is 10.3. The number of ether oxygens (including phenoxy) is 2. The molecule has 33 heavy (non-hydrogen) atoms. The van der Waals surface area contributed by atoms with Gasteiger partial charge in [0.2, 0.25) is 15.9 Å². The molecule has 2 aromatic carbocycles. The van der Waals surface area contributed by atoms with E-state index in [9.17, 15) is 23.3 Å². The van der Waals surface area contributed by atoms with Gasteiger partial charge in [-0.1, -0.05) is 0 Å². The molecule has 0 aromatic heterocycles. The molecule has 0 spiro atoms. The number of nitro groups is 1. The zero-order valence-electron chi connectivity index (χ0n) is 18.2. The van der Waals surface area contributed by atoms with Crippen LogP contribution >= 0.6 is 11.8 Å². The van der Waals surface area contributed by atoms with E-state index in [0.29, 0.717) is 30.5 Å². The lowest BCUT2D eigenvalue weighted by Crippen LogP contribution is -2.40. The van der Waals surface area contributed by atoms with Gasteiger partial charge in [-0.25, -0.2) is 8.42 Å². The first-order valence-corrected chi connectivity index (χ1v) is 12.6. The molecule has 1 fully saturated rings. The Morgan fingerprint density at radius 1 is 1.24 bits per heavy atom. The summed E-state index contributed by atoms with van der Waals surface area (Å²) in [6.07, 6.45) is 0. The minimum atomic E-state index is -3.75. The molecular formula is C21H25N3O7S2. The summed E-state index contributed by atoms with van der Waals surface area (Å²) in [4.78, 5) is 23.9. The standard InChI is InChI=1S/C21H25N3O7S2/c1-3-31-20-9-8-18(33(28,29)23-10-12-30-13-11-23)14-19(20)22-21(25)15(2)32-17-6-4-16(5-7-17)24(26)27/h4-9,14-15H,3,10-13H2,1-2H3,(H,22,25). The van der Waals surface area contributed by atoms with Crippen LogP contribution in [0, 0.1) is 10.1 Å². The van der Waals surface area contributed by atoms with E-state index < -0.39 is 20.2 Å². The summed E-state index contributed by atoms with van der Waals surface area (Å²) in [5, 5.41) is 13.0. The summed E-state index contributed by atoms with van der Waals surface area (Å²) in [7, 11) is -3.75. The average Bonchev–Trinajstić information content (AvgIpc) is 2.81. The van der Waals surface area contributed by atoms with Gasteiger partial charge in [-0.15, -0.1) is 11.8 Å². The Kier molecular flexibility index (Phi) is 8.30. The number of anilines is 1. The number of morpholine rings is 1. The number of amides is 1. The molecule has 1 unspecified atom stereocenters. The predicted molar refractivity (Wildman–Crippen MR) is 124 cm³/mol. The predicted octanol–water partition coefficient (Wildman–Crippen LogP) is 3.13. The van der Waals surface area contributed by atoms with Crippen molar-refractivity contribution in [2.24, 2.45) is 0 Å². The molecule has 1 aliphatic rings. The molecule has 0 radical (unpaired) electrons. The zero-order chi connectivity index (χ0) is 24.0. The minimum Gasteiger partial charge on any atom is -0.492 e. The Hall–Kier alpha value is -2.67. The number of carbonyl (C=O) groups is 1. The molecule has 0 saturated carbocycles. The number of thioether (sulfide) groups is 1. The third kappa shape index (κ3) is 6.22. The lowest BCUT2D eigenvalue weighted by molar-refractivity contribution is -0.384. The lowest BCUT2D eigenvalue weighted by atomic mass is 10.2. The van der Waals surface area contributed by atoms with E-state index >= 15 is 0 Å². The first kappa shape index (κ1) is 25.0. The first-order chi connectivity index (χ1) is 15.7. The minimum absolute atomic E-state index is 0.0314. The Morgan fingerprint density at radius 2 is 1.91 bits per heavy atom. The fourth-order valence-corrected chi connectivity index (χ4v) is 5.43. The normalized spacial score (nSPS) is 15.6. The van der Waals surface area contributed by atoms with Crippen LogP contribution in [0.1, 0.15) is 13.8 Å². The number of nitro benzene ring substituents is 1. The number of rotatable bonds is 9. The number of benzene rings is 2. The number of hydrogen-bond acceptors (Lipinski definition) is 8. The van der Waals surface area contributed by atoms with Gasteiger partial charge >= 0.3 is 0 Å². The summed E-state index contributed by atoms with van der Waals surface area (Å²) >= 11 is 1.23. The van der Waals surface area contributed by atoms with Crippen LogP contribution in [0.4, 0.5) is 11.4 Å². The smallest absolute Gasteiger partial charge is 0.269 e. The van der Waals surface area contributed by atoms with Gasteiger partial charge in [0.05, 0.1) is 40.6 Å². The Morgan fingerprint density at radius 3 is 2.52 bits per heavy atom. The van der Waals surface area contributed by atoms with Gasteiger partial charge in [0.15, 0.2) is 0 Å². The maximum absolute atomic E-state index is 13.0. The number of nitrogens with zero attached hydrogens (tertiary/aromatic N) is 2. The second-order valence-electron chi connectivity index (χ2n) is 7.11. The van der Waals surface area contributed by atoms with Crippen molar-refractivity contribution in [3.8, 4) is 5.75 Å². The molecule has 1 amide bonds. The molecule has 0 aliphatic carbocycles. The topological polar surface area (TPSA) is 128 Å². The van der Waals surface area contributed by atoms with Crippen molar-refractivity contribution in [3.63, 3.8) is 0 Å². The third-order valence-electron chi connectivity index (χ3n) is 4.85. The van der Waals surface area contributed by atoms with E-state index in [4.69, 9.17) is 9.47 Å². The molecule has 1 atom stereocenters. The second kappa shape index (κ2) is 11.0. The van der Waals surface area contributed by atoms with Crippen molar-refractivity contribution in [1.29, 1.82) is 0 Å². The van der Waals surface area contributed by atoms with E-state index in [-0.39, 0.29) is 35.3 Å². The van der Waals surface area contributed by atoms with Gasteiger partial charge in [0.25, 0.3) is 5.69 Å². The monoisotopic (exact) mass is 495 g/mol. The van der Waals surface area contributed by atoms with Crippen LogP contribution < -0.4 is 10.1 Å². The molecule has 1 heterocycles. The lowest BCUT2D eigenvalue weighted by Gasteiger charge is -2.26. The fraction of sp³-hybridized carbons (Fsp3) is 0.381. The highest BCUT2D eigenvalue weighted by molar-refractivity contribution is 8.00. The van der Waals surface area contributed by atoms with Gasteiger partial charge in [0, 0.05) is 30.1 Å². The van der Waals surface area contributed by atoms with E-state index in [1.54, 1.807) is 26.0 Å². The van der Waals surface area contributed by atoms with Crippen LogP contribution in [0.15, 0.2) is 52.3 Å². The molecule has 2 aromatic rings. The summed E-state index contributed by atoms with van der Waals surface area (Å²) < 4.78 is 38.2. The largest absolute Gasteiger partial charge is 0.492 e. The molecular weight excluding hydrogens is 470 g/mol. The molecule has 1 saturated heterocycles. The van der Waals surface area contributed by atoms with E-state index in [1.807, 2.05) is 0 Å². The van der Waals surface area contributed by atoms with Crippen LogP contribution in [0.5, 0.6) is 5.75 Å². The molecule has 3 rings (SSSR count). The Labute approximate surface area is 196 Å². The van der Waals surface area contributed by atoms with Crippen molar-refractivity contribution in [2.75, 3.05) is 38.2 Å². The fourth-order valence-electron chi connectivity index (χ4n) is 3.12. The van der Waals surface area contributed by atoms with E-state index in [1.165, 1.54) is 46.4 Å². The number of nitrogens with one attached hydrogen (secondary N) is 1. The Balaban J connectivity index is 1.77. The summed E-state index contributed by atoms with van der Waals surface area (Å²) in [5.74, 6) is -0.000426. The van der Waals surface area contributed by atoms with Crippen LogP contribution in [0.25, 0.3) is 0 Å². The van der Waals surface area contributed by atoms with Crippen molar-refractivity contribution in [1.82, 2.24) is 4.31 Å². The highest BCUT2D eigenvalue weighted by Gasteiger charge is 2.27. The van der Waals surface area contributed by atoms with Gasteiger partial charge in [0.1, 0.15) is 5.75 Å². The quantitative estimate of drug-likeness (QED) is 0.319. The molecule has 1 aliphatic heterocycles. The SMILES string of the molecule is CCOc1ccc(S(=O)(=O)N2CCOCC2)cc1NC(=O)C(C)Sc1ccc([N+](=O)[O-])cc1. The Bertz CT molecular complexity index is 1100. The molecule has 12 heteroatoms. The summed E-state index contributed by atoms with van der Waals surface area (Å²) in [5.41, 5.74) is 0.225. The van der Waals surface area contributed by atoms with Gasteiger partial charge in [-0.05, 0) is 44.2 Å². The van der Waals surface area contributed by atoms with Gasteiger partial charge in [-0.2, -0.15) is 4.31 Å². The molecule has 10 nitrogen and oxygen atoms in total.